The molecular weight excluding hydrogens is 284 g/mol. The number of fused-ring (bicyclic) bond motifs is 1. The number of aliphatic hydroxyl groups is 1. The second-order valence-electron chi connectivity index (χ2n) is 5.71. The van der Waals surface area contributed by atoms with Crippen LogP contribution in [-0.4, -0.2) is 34.8 Å². The molecule has 0 radical (unpaired) electrons. The second kappa shape index (κ2) is 6.15. The van der Waals surface area contributed by atoms with Gasteiger partial charge in [0.1, 0.15) is 10.6 Å². The third kappa shape index (κ3) is 3.11. The van der Waals surface area contributed by atoms with Gasteiger partial charge in [-0.1, -0.05) is 12.8 Å². The van der Waals surface area contributed by atoms with Gasteiger partial charge < -0.3 is 15.7 Å². The van der Waals surface area contributed by atoms with E-state index in [4.69, 9.17) is 0 Å². The Bertz CT molecular complexity index is 627. The summed E-state index contributed by atoms with van der Waals surface area (Å²) in [6.07, 6.45) is 4.18. The molecule has 3 rings (SSSR count). The summed E-state index contributed by atoms with van der Waals surface area (Å²) in [7, 11) is 1.83. The largest absolute Gasteiger partial charge is 0.393 e. The lowest BCUT2D eigenvalue weighted by Crippen LogP contribution is -2.30. The zero-order valence-corrected chi connectivity index (χ0v) is 13.3. The quantitative estimate of drug-likeness (QED) is 0.810. The van der Waals surface area contributed by atoms with E-state index < -0.39 is 0 Å². The molecule has 2 aromatic rings. The van der Waals surface area contributed by atoms with Gasteiger partial charge >= 0.3 is 0 Å². The smallest absolute Gasteiger partial charge is 0.225 e. The van der Waals surface area contributed by atoms with Gasteiger partial charge in [0.2, 0.25) is 5.95 Å². The van der Waals surface area contributed by atoms with E-state index in [0.717, 1.165) is 41.8 Å². The van der Waals surface area contributed by atoms with Gasteiger partial charge in [-0.25, -0.2) is 4.98 Å². The van der Waals surface area contributed by atoms with Gasteiger partial charge in [0, 0.05) is 24.4 Å². The minimum absolute atomic E-state index is 0.184. The summed E-state index contributed by atoms with van der Waals surface area (Å²) in [6.45, 7) is 2.85. The van der Waals surface area contributed by atoms with Crippen molar-refractivity contribution in [2.24, 2.45) is 5.92 Å². The Balaban J connectivity index is 1.81. The fraction of sp³-hybridized carbons (Fsp3) is 0.600. The maximum Gasteiger partial charge on any atom is 0.225 e. The molecule has 3 N–H and O–H groups in total. The van der Waals surface area contributed by atoms with E-state index in [1.54, 1.807) is 11.3 Å². The van der Waals surface area contributed by atoms with Crippen LogP contribution in [0.2, 0.25) is 0 Å². The summed E-state index contributed by atoms with van der Waals surface area (Å²) >= 11 is 1.68. The summed E-state index contributed by atoms with van der Waals surface area (Å²) in [4.78, 5) is 11.3. The van der Waals surface area contributed by atoms with Crippen molar-refractivity contribution in [3.63, 3.8) is 0 Å². The van der Waals surface area contributed by atoms with Crippen LogP contribution in [0.25, 0.3) is 10.2 Å². The van der Waals surface area contributed by atoms with Gasteiger partial charge in [0.05, 0.1) is 11.5 Å². The van der Waals surface area contributed by atoms with E-state index in [9.17, 15) is 5.11 Å². The van der Waals surface area contributed by atoms with E-state index in [0.29, 0.717) is 11.9 Å². The molecule has 1 fully saturated rings. The van der Waals surface area contributed by atoms with Crippen LogP contribution < -0.4 is 10.6 Å². The summed E-state index contributed by atoms with van der Waals surface area (Å²) < 4.78 is 0. The van der Waals surface area contributed by atoms with Crippen molar-refractivity contribution in [1.29, 1.82) is 0 Å². The molecule has 0 aliphatic heterocycles. The highest BCUT2D eigenvalue weighted by Crippen LogP contribution is 2.30. The summed E-state index contributed by atoms with van der Waals surface area (Å²) in [6, 6.07) is 2.12. The van der Waals surface area contributed by atoms with E-state index >= 15 is 0 Å². The maximum atomic E-state index is 10.1. The number of aryl methyl sites for hydroxylation is 1. The van der Waals surface area contributed by atoms with Gasteiger partial charge in [-0.15, -0.1) is 11.3 Å². The molecule has 0 amide bonds. The lowest BCUT2D eigenvalue weighted by molar-refractivity contribution is 0.0763. The number of aromatic nitrogens is 2. The van der Waals surface area contributed by atoms with Crippen molar-refractivity contribution >= 4 is 33.3 Å². The molecule has 0 bridgehead atoms. The number of hydrogen-bond donors (Lipinski definition) is 3. The van der Waals surface area contributed by atoms with Crippen molar-refractivity contribution in [3.8, 4) is 0 Å². The molecule has 1 aliphatic rings. The first-order chi connectivity index (χ1) is 10.2. The zero-order chi connectivity index (χ0) is 14.8. The lowest BCUT2D eigenvalue weighted by Gasteiger charge is -2.27. The Labute approximate surface area is 128 Å². The number of aliphatic hydroxyl groups excluding tert-OH is 1. The maximum absolute atomic E-state index is 10.1. The molecule has 2 unspecified atom stereocenters. The monoisotopic (exact) mass is 306 g/mol. The molecule has 1 aliphatic carbocycles. The predicted molar refractivity (Wildman–Crippen MR) is 88.2 cm³/mol. The Morgan fingerprint density at radius 1 is 1.33 bits per heavy atom. The van der Waals surface area contributed by atoms with Crippen molar-refractivity contribution in [3.05, 3.63) is 10.9 Å². The standard InChI is InChI=1S/C15H22N4OS/c1-9-7-11-13(18-15(16-2)19-14(11)21-9)17-8-10-5-3-4-6-12(10)20/h7,10,12,20H,3-6,8H2,1-2H3,(H2,16,17,18,19). The molecule has 2 atom stereocenters. The van der Waals surface area contributed by atoms with E-state index in [1.807, 2.05) is 7.05 Å². The Hall–Kier alpha value is -1.40. The average Bonchev–Trinajstić information content (AvgIpc) is 2.86. The lowest BCUT2D eigenvalue weighted by atomic mass is 9.86. The highest BCUT2D eigenvalue weighted by molar-refractivity contribution is 7.18. The molecule has 21 heavy (non-hydrogen) atoms. The van der Waals surface area contributed by atoms with Gasteiger partial charge in [0.15, 0.2) is 0 Å². The summed E-state index contributed by atoms with van der Waals surface area (Å²) in [5.41, 5.74) is 0. The Kier molecular flexibility index (Phi) is 4.26. The van der Waals surface area contributed by atoms with Crippen molar-refractivity contribution in [2.45, 2.75) is 38.7 Å². The average molecular weight is 306 g/mol. The molecule has 5 nitrogen and oxygen atoms in total. The normalized spacial score (nSPS) is 22.4. The Morgan fingerprint density at radius 3 is 2.90 bits per heavy atom. The Morgan fingerprint density at radius 2 is 2.14 bits per heavy atom. The van der Waals surface area contributed by atoms with E-state index in [-0.39, 0.29) is 6.10 Å². The highest BCUT2D eigenvalue weighted by Gasteiger charge is 2.23. The third-order valence-corrected chi connectivity index (χ3v) is 5.08. The number of nitrogens with zero attached hydrogens (tertiary/aromatic N) is 2. The minimum Gasteiger partial charge on any atom is -0.393 e. The molecule has 1 saturated carbocycles. The fourth-order valence-corrected chi connectivity index (χ4v) is 3.82. The van der Waals surface area contributed by atoms with E-state index in [1.165, 1.54) is 11.3 Å². The van der Waals surface area contributed by atoms with Crippen LogP contribution >= 0.6 is 11.3 Å². The molecule has 0 spiro atoms. The van der Waals surface area contributed by atoms with Gasteiger partial charge in [-0.05, 0) is 25.8 Å². The first kappa shape index (κ1) is 14.5. The second-order valence-corrected chi connectivity index (χ2v) is 6.95. The summed E-state index contributed by atoms with van der Waals surface area (Å²) in [5, 5.41) is 17.6. The third-order valence-electron chi connectivity index (χ3n) is 4.14. The molecule has 2 aromatic heterocycles. The number of hydrogen-bond acceptors (Lipinski definition) is 6. The SMILES string of the molecule is CNc1nc(NCC2CCCCC2O)c2cc(C)sc2n1. The predicted octanol–water partition coefficient (Wildman–Crippen LogP) is 3.00. The van der Waals surface area contributed by atoms with E-state index in [2.05, 4.69) is 33.6 Å². The van der Waals surface area contributed by atoms with Crippen LogP contribution in [0, 0.1) is 12.8 Å². The van der Waals surface area contributed by atoms with Crippen LogP contribution in [0.15, 0.2) is 6.07 Å². The fourth-order valence-electron chi connectivity index (χ4n) is 2.94. The first-order valence-electron chi connectivity index (χ1n) is 7.55. The van der Waals surface area contributed by atoms with Crippen molar-refractivity contribution in [2.75, 3.05) is 24.2 Å². The van der Waals surface area contributed by atoms with Gasteiger partial charge in [-0.2, -0.15) is 4.98 Å². The number of thiophene rings is 1. The molecular formula is C15H22N4OS. The van der Waals surface area contributed by atoms with Crippen molar-refractivity contribution < 1.29 is 5.11 Å². The van der Waals surface area contributed by atoms with Crippen LogP contribution in [0.5, 0.6) is 0 Å². The molecule has 0 aromatic carbocycles. The molecule has 2 heterocycles. The first-order valence-corrected chi connectivity index (χ1v) is 8.37. The number of nitrogens with one attached hydrogen (secondary N) is 2. The molecule has 6 heteroatoms. The van der Waals surface area contributed by atoms with Crippen LogP contribution in [-0.2, 0) is 0 Å². The summed E-state index contributed by atoms with van der Waals surface area (Å²) in [5.74, 6) is 1.82. The number of anilines is 2. The topological polar surface area (TPSA) is 70.1 Å². The molecule has 0 saturated heterocycles. The van der Waals surface area contributed by atoms with Crippen molar-refractivity contribution in [1.82, 2.24) is 9.97 Å². The number of rotatable bonds is 4. The zero-order valence-electron chi connectivity index (χ0n) is 12.5. The van der Waals surface area contributed by atoms with Crippen LogP contribution in [0.4, 0.5) is 11.8 Å². The van der Waals surface area contributed by atoms with Gasteiger partial charge in [0.25, 0.3) is 0 Å². The highest BCUT2D eigenvalue weighted by atomic mass is 32.1. The minimum atomic E-state index is -0.184. The van der Waals surface area contributed by atoms with Crippen LogP contribution in [0.3, 0.4) is 0 Å². The van der Waals surface area contributed by atoms with Gasteiger partial charge in [-0.3, -0.25) is 0 Å². The van der Waals surface area contributed by atoms with Crippen LogP contribution in [0.1, 0.15) is 30.6 Å². The molecule has 114 valence electrons.